The molecule has 0 aromatic rings. The molecule has 0 saturated heterocycles. The second kappa shape index (κ2) is 6.94. The lowest BCUT2D eigenvalue weighted by atomic mass is 10.2. The van der Waals surface area contributed by atoms with E-state index in [0.29, 0.717) is 0 Å². The average molecular weight is 193 g/mol. The molecule has 4 heteroatoms. The van der Waals surface area contributed by atoms with Crippen LogP contribution in [0.3, 0.4) is 0 Å². The fraction of sp³-hybridized carbons (Fsp3) is 1.00. The van der Waals surface area contributed by atoms with Gasteiger partial charge in [-0.3, -0.25) is 0 Å². The molecule has 0 bridgehead atoms. The van der Waals surface area contributed by atoms with Crippen molar-refractivity contribution in [1.29, 1.82) is 0 Å². The molecule has 58 valence electrons. The third-order valence-corrected chi connectivity index (χ3v) is 1.28. The van der Waals surface area contributed by atoms with E-state index in [2.05, 4.69) is 0 Å². The number of nitrogens with two attached hydrogens (primary N) is 1. The van der Waals surface area contributed by atoms with Crippen LogP contribution in [0.15, 0.2) is 0 Å². The van der Waals surface area contributed by atoms with Crippen LogP contribution >= 0.6 is 35.6 Å². The topological polar surface area (TPSA) is 26.0 Å². The first-order valence-electron chi connectivity index (χ1n) is 2.66. The molecule has 0 amide bonds. The van der Waals surface area contributed by atoms with E-state index in [-0.39, 0.29) is 23.3 Å². The molecule has 0 aromatic carbocycles. The van der Waals surface area contributed by atoms with Gasteiger partial charge in [-0.15, -0.1) is 35.6 Å². The van der Waals surface area contributed by atoms with Gasteiger partial charge in [-0.1, -0.05) is 0 Å². The van der Waals surface area contributed by atoms with Crippen molar-refractivity contribution in [2.75, 3.05) is 0 Å². The lowest BCUT2D eigenvalue weighted by Crippen LogP contribution is -2.12. The second-order valence-electron chi connectivity index (χ2n) is 1.87. The Balaban J connectivity index is 0. The molecule has 2 N–H and O–H groups in total. The summed E-state index contributed by atoms with van der Waals surface area (Å²) in [5.74, 6) is 0. The summed E-state index contributed by atoms with van der Waals surface area (Å²) >= 11 is 11.0. The van der Waals surface area contributed by atoms with Crippen LogP contribution in [-0.2, 0) is 0 Å². The summed E-state index contributed by atoms with van der Waals surface area (Å²) in [5, 5.41) is 0.194. The largest absolute Gasteiger partial charge is 0.315 e. The van der Waals surface area contributed by atoms with Gasteiger partial charge in [0, 0.05) is 5.38 Å². The summed E-state index contributed by atoms with van der Waals surface area (Å²) in [6.07, 6.45) is 1.69. The SMILES string of the molecule is CC(Cl)CCC(N)Cl.Cl. The highest BCUT2D eigenvalue weighted by atomic mass is 35.5. The Morgan fingerprint density at radius 1 is 1.33 bits per heavy atom. The van der Waals surface area contributed by atoms with Crippen molar-refractivity contribution >= 4 is 35.6 Å². The fourth-order valence-corrected chi connectivity index (χ4v) is 0.641. The van der Waals surface area contributed by atoms with Crippen molar-refractivity contribution in [2.24, 2.45) is 5.73 Å². The third kappa shape index (κ3) is 12.1. The molecule has 0 aliphatic carbocycles. The minimum absolute atomic E-state index is 0. The summed E-state index contributed by atoms with van der Waals surface area (Å²) in [6.45, 7) is 1.93. The smallest absolute Gasteiger partial charge is 0.0801 e. The molecular formula is C5H12Cl3N. The van der Waals surface area contributed by atoms with Crippen molar-refractivity contribution < 1.29 is 0 Å². The minimum atomic E-state index is -0.226. The predicted molar refractivity (Wildman–Crippen MR) is 45.6 cm³/mol. The Bertz CT molecular complexity index is 48.2. The Labute approximate surface area is 72.3 Å². The zero-order valence-corrected chi connectivity index (χ0v) is 7.64. The molecule has 2 unspecified atom stereocenters. The maximum Gasteiger partial charge on any atom is 0.0801 e. The molecule has 0 aromatic heterocycles. The van der Waals surface area contributed by atoms with Crippen molar-refractivity contribution in [3.8, 4) is 0 Å². The van der Waals surface area contributed by atoms with Gasteiger partial charge in [-0.2, -0.15) is 0 Å². The van der Waals surface area contributed by atoms with Gasteiger partial charge in [0.1, 0.15) is 0 Å². The van der Waals surface area contributed by atoms with Crippen molar-refractivity contribution in [3.05, 3.63) is 0 Å². The molecule has 0 radical (unpaired) electrons. The Morgan fingerprint density at radius 2 is 1.78 bits per heavy atom. The van der Waals surface area contributed by atoms with E-state index in [9.17, 15) is 0 Å². The van der Waals surface area contributed by atoms with E-state index in [0.717, 1.165) is 12.8 Å². The maximum atomic E-state index is 5.61. The van der Waals surface area contributed by atoms with E-state index in [1.165, 1.54) is 0 Å². The molecule has 0 heterocycles. The molecule has 0 aliphatic rings. The van der Waals surface area contributed by atoms with Crippen molar-refractivity contribution in [2.45, 2.75) is 30.6 Å². The van der Waals surface area contributed by atoms with E-state index >= 15 is 0 Å². The van der Waals surface area contributed by atoms with E-state index in [4.69, 9.17) is 28.9 Å². The van der Waals surface area contributed by atoms with Crippen LogP contribution in [0.5, 0.6) is 0 Å². The number of hydrogen-bond acceptors (Lipinski definition) is 1. The molecule has 0 saturated carbocycles. The van der Waals surface area contributed by atoms with Gasteiger partial charge in [-0.05, 0) is 19.8 Å². The van der Waals surface area contributed by atoms with E-state index in [1.54, 1.807) is 0 Å². The zero-order chi connectivity index (χ0) is 6.57. The molecule has 0 rings (SSSR count). The Morgan fingerprint density at radius 3 is 1.89 bits per heavy atom. The lowest BCUT2D eigenvalue weighted by molar-refractivity contribution is 0.698. The third-order valence-electron chi connectivity index (χ3n) is 0.840. The van der Waals surface area contributed by atoms with Gasteiger partial charge in [-0.25, -0.2) is 0 Å². The predicted octanol–water partition coefficient (Wildman–Crippen LogP) is 2.34. The molecule has 2 atom stereocenters. The summed E-state index contributed by atoms with van der Waals surface area (Å²) in [5.41, 5.74) is 5.02. The highest BCUT2D eigenvalue weighted by molar-refractivity contribution is 6.21. The van der Waals surface area contributed by atoms with Crippen LogP contribution in [0.2, 0.25) is 0 Å². The maximum absolute atomic E-state index is 5.61. The van der Waals surface area contributed by atoms with Crippen LogP contribution in [0.1, 0.15) is 19.8 Å². The fourth-order valence-electron chi connectivity index (χ4n) is 0.389. The first-order valence-corrected chi connectivity index (χ1v) is 3.54. The van der Waals surface area contributed by atoms with E-state index < -0.39 is 0 Å². The lowest BCUT2D eigenvalue weighted by Gasteiger charge is -2.02. The Kier molecular flexibility index (Phi) is 9.64. The molecule has 0 aliphatic heterocycles. The number of rotatable bonds is 3. The van der Waals surface area contributed by atoms with Gasteiger partial charge in [0.25, 0.3) is 0 Å². The monoisotopic (exact) mass is 191 g/mol. The van der Waals surface area contributed by atoms with Crippen molar-refractivity contribution in [3.63, 3.8) is 0 Å². The zero-order valence-electron chi connectivity index (χ0n) is 5.31. The van der Waals surface area contributed by atoms with Crippen molar-refractivity contribution in [1.82, 2.24) is 0 Å². The second-order valence-corrected chi connectivity index (χ2v) is 3.18. The van der Waals surface area contributed by atoms with Crippen LogP contribution in [0.4, 0.5) is 0 Å². The first kappa shape index (κ1) is 12.5. The number of hydrogen-bond donors (Lipinski definition) is 1. The van der Waals surface area contributed by atoms with Gasteiger partial charge >= 0.3 is 0 Å². The number of alkyl halides is 2. The quantitative estimate of drug-likeness (QED) is 0.539. The van der Waals surface area contributed by atoms with Crippen LogP contribution < -0.4 is 5.73 Å². The van der Waals surface area contributed by atoms with Gasteiger partial charge < -0.3 is 5.73 Å². The normalized spacial score (nSPS) is 16.0. The Hall–Kier alpha value is 0.830. The molecule has 1 nitrogen and oxygen atoms in total. The van der Waals surface area contributed by atoms with Crippen LogP contribution in [0.25, 0.3) is 0 Å². The summed E-state index contributed by atoms with van der Waals surface area (Å²) in [7, 11) is 0. The van der Waals surface area contributed by atoms with Gasteiger partial charge in [0.2, 0.25) is 0 Å². The molecule has 0 fully saturated rings. The minimum Gasteiger partial charge on any atom is -0.315 e. The highest BCUT2D eigenvalue weighted by Crippen LogP contribution is 2.06. The molecule has 0 spiro atoms. The van der Waals surface area contributed by atoms with Gasteiger partial charge in [0.15, 0.2) is 0 Å². The first-order chi connectivity index (χ1) is 3.63. The standard InChI is InChI=1S/C5H11Cl2N.ClH/c1-4(6)2-3-5(7)8;/h4-5H,2-3,8H2,1H3;1H. The molecular weight excluding hydrogens is 180 g/mol. The van der Waals surface area contributed by atoms with E-state index in [1.807, 2.05) is 6.92 Å². The van der Waals surface area contributed by atoms with Crippen LogP contribution in [-0.4, -0.2) is 10.9 Å². The highest BCUT2D eigenvalue weighted by Gasteiger charge is 1.99. The molecule has 9 heavy (non-hydrogen) atoms. The summed E-state index contributed by atoms with van der Waals surface area (Å²) < 4.78 is 0. The number of halogens is 3. The van der Waals surface area contributed by atoms with Gasteiger partial charge in [0.05, 0.1) is 5.50 Å². The van der Waals surface area contributed by atoms with Crippen LogP contribution in [0, 0.1) is 0 Å². The average Bonchev–Trinajstić information content (AvgIpc) is 1.61. The summed E-state index contributed by atoms with van der Waals surface area (Å²) in [4.78, 5) is 0. The summed E-state index contributed by atoms with van der Waals surface area (Å²) in [6, 6.07) is 0.